The van der Waals surface area contributed by atoms with Gasteiger partial charge in [0, 0.05) is 12.1 Å². The van der Waals surface area contributed by atoms with Crippen LogP contribution in [0, 0.1) is 0 Å². The number of ether oxygens (including phenoxy) is 1. The third-order valence-corrected chi connectivity index (χ3v) is 2.41. The number of nitrogens with zero attached hydrogens (tertiary/aromatic N) is 1. The average Bonchev–Trinajstić information content (AvgIpc) is 2.34. The molecule has 0 aromatic carbocycles. The number of rotatable bonds is 4. The number of hydrogen-bond donors (Lipinski definition) is 1. The van der Waals surface area contributed by atoms with E-state index >= 15 is 0 Å². The molecule has 1 rings (SSSR count). The minimum absolute atomic E-state index is 0.149. The maximum Gasteiger partial charge on any atom is 0.325 e. The van der Waals surface area contributed by atoms with Crippen molar-refractivity contribution < 1.29 is 14.3 Å². The number of pyridine rings is 1. The standard InChI is InChI=1S/C12H16N2O4/c1-8(2)14(7-11(16)18-3)12(17)9-5-4-6-10(15)13-9/h4-6,8H,7H2,1-3H3,(H,13,15). The second kappa shape index (κ2) is 6.00. The van der Waals surface area contributed by atoms with Gasteiger partial charge < -0.3 is 14.6 Å². The zero-order chi connectivity index (χ0) is 13.7. The molecule has 0 saturated carbocycles. The molecule has 6 heteroatoms. The largest absolute Gasteiger partial charge is 0.468 e. The van der Waals surface area contributed by atoms with E-state index in [1.165, 1.54) is 30.2 Å². The molecule has 0 aliphatic carbocycles. The van der Waals surface area contributed by atoms with Crippen LogP contribution >= 0.6 is 0 Å². The van der Waals surface area contributed by atoms with E-state index < -0.39 is 11.9 Å². The zero-order valence-corrected chi connectivity index (χ0v) is 10.6. The molecule has 6 nitrogen and oxygen atoms in total. The van der Waals surface area contributed by atoms with Crippen molar-refractivity contribution in [3.05, 3.63) is 34.2 Å². The van der Waals surface area contributed by atoms with Crippen LogP contribution in [0.3, 0.4) is 0 Å². The molecule has 0 fully saturated rings. The minimum Gasteiger partial charge on any atom is -0.468 e. The van der Waals surface area contributed by atoms with Gasteiger partial charge in [0.25, 0.3) is 5.91 Å². The molecule has 18 heavy (non-hydrogen) atoms. The van der Waals surface area contributed by atoms with Gasteiger partial charge in [0.15, 0.2) is 0 Å². The topological polar surface area (TPSA) is 79.5 Å². The third kappa shape index (κ3) is 3.44. The summed E-state index contributed by atoms with van der Waals surface area (Å²) in [6.07, 6.45) is 0. The van der Waals surface area contributed by atoms with Crippen LogP contribution in [0.2, 0.25) is 0 Å². The highest BCUT2D eigenvalue weighted by Gasteiger charge is 2.22. The van der Waals surface area contributed by atoms with Crippen molar-refractivity contribution in [2.45, 2.75) is 19.9 Å². The van der Waals surface area contributed by atoms with Crippen molar-refractivity contribution in [2.75, 3.05) is 13.7 Å². The van der Waals surface area contributed by atoms with Crippen LogP contribution < -0.4 is 5.56 Å². The lowest BCUT2D eigenvalue weighted by molar-refractivity contribution is -0.141. The van der Waals surface area contributed by atoms with Crippen molar-refractivity contribution in [2.24, 2.45) is 0 Å². The summed E-state index contributed by atoms with van der Waals surface area (Å²) in [5.74, 6) is -0.913. The number of nitrogens with one attached hydrogen (secondary N) is 1. The third-order valence-electron chi connectivity index (χ3n) is 2.41. The zero-order valence-electron chi connectivity index (χ0n) is 10.6. The van der Waals surface area contributed by atoms with Gasteiger partial charge in [-0.25, -0.2) is 0 Å². The summed E-state index contributed by atoms with van der Waals surface area (Å²) < 4.78 is 4.54. The van der Waals surface area contributed by atoms with Crippen molar-refractivity contribution in [3.8, 4) is 0 Å². The van der Waals surface area contributed by atoms with Crippen molar-refractivity contribution in [1.29, 1.82) is 0 Å². The Kier molecular flexibility index (Phi) is 4.65. The fourth-order valence-corrected chi connectivity index (χ4v) is 1.42. The molecule has 0 radical (unpaired) electrons. The molecule has 0 bridgehead atoms. The molecule has 1 amide bonds. The number of amides is 1. The molecule has 1 N–H and O–H groups in total. The summed E-state index contributed by atoms with van der Waals surface area (Å²) in [7, 11) is 1.26. The van der Waals surface area contributed by atoms with Crippen LogP contribution in [0.4, 0.5) is 0 Å². The van der Waals surface area contributed by atoms with E-state index in [4.69, 9.17) is 0 Å². The first-order valence-electron chi connectivity index (χ1n) is 5.53. The first kappa shape index (κ1) is 14.0. The van der Waals surface area contributed by atoms with Gasteiger partial charge in [-0.3, -0.25) is 14.4 Å². The second-order valence-corrected chi connectivity index (χ2v) is 4.03. The number of carbonyl (C=O) groups is 2. The first-order chi connectivity index (χ1) is 8.45. The summed E-state index contributed by atoms with van der Waals surface area (Å²) in [4.78, 5) is 38.3. The van der Waals surface area contributed by atoms with E-state index in [0.717, 1.165) is 0 Å². The Morgan fingerprint density at radius 3 is 2.56 bits per heavy atom. The van der Waals surface area contributed by atoms with Crippen molar-refractivity contribution >= 4 is 11.9 Å². The molecule has 1 aromatic rings. The molecule has 0 aliphatic rings. The predicted octanol–water partition coefficient (Wildman–Crippen LogP) is 0.398. The van der Waals surface area contributed by atoms with Crippen LogP contribution in [0.15, 0.2) is 23.0 Å². The monoisotopic (exact) mass is 252 g/mol. The molecule has 0 spiro atoms. The Bertz CT molecular complexity index is 493. The lowest BCUT2D eigenvalue weighted by atomic mass is 10.2. The van der Waals surface area contributed by atoms with Crippen molar-refractivity contribution in [3.63, 3.8) is 0 Å². The Morgan fingerprint density at radius 2 is 2.06 bits per heavy atom. The van der Waals surface area contributed by atoms with E-state index in [2.05, 4.69) is 9.72 Å². The first-order valence-corrected chi connectivity index (χ1v) is 5.53. The number of esters is 1. The van der Waals surface area contributed by atoms with E-state index in [1.54, 1.807) is 13.8 Å². The molecule has 0 saturated heterocycles. The van der Waals surface area contributed by atoms with Crippen molar-refractivity contribution in [1.82, 2.24) is 9.88 Å². The number of methoxy groups -OCH3 is 1. The number of aromatic nitrogens is 1. The van der Waals surface area contributed by atoms with Gasteiger partial charge >= 0.3 is 5.97 Å². The smallest absolute Gasteiger partial charge is 0.325 e. The Labute approximate surface area is 105 Å². The van der Waals surface area contributed by atoms with Gasteiger partial charge in [0.05, 0.1) is 7.11 Å². The molecule has 0 unspecified atom stereocenters. The summed E-state index contributed by atoms with van der Waals surface area (Å²) in [6.45, 7) is 3.41. The van der Waals surface area contributed by atoms with Gasteiger partial charge in [-0.2, -0.15) is 0 Å². The number of carbonyl (C=O) groups excluding carboxylic acids is 2. The van der Waals surface area contributed by atoms with Crippen LogP contribution in [0.25, 0.3) is 0 Å². The predicted molar refractivity (Wildman–Crippen MR) is 65.3 cm³/mol. The van der Waals surface area contributed by atoms with Crippen LogP contribution in [-0.2, 0) is 9.53 Å². The quantitative estimate of drug-likeness (QED) is 0.786. The lowest BCUT2D eigenvalue weighted by Gasteiger charge is -2.25. The Morgan fingerprint density at radius 1 is 1.39 bits per heavy atom. The maximum atomic E-state index is 12.1. The van der Waals surface area contributed by atoms with Gasteiger partial charge in [-0.15, -0.1) is 0 Å². The van der Waals surface area contributed by atoms with Gasteiger partial charge in [-0.1, -0.05) is 6.07 Å². The van der Waals surface area contributed by atoms with Gasteiger partial charge in [-0.05, 0) is 19.9 Å². The fraction of sp³-hybridized carbons (Fsp3) is 0.417. The minimum atomic E-state index is -0.504. The summed E-state index contributed by atoms with van der Waals surface area (Å²) >= 11 is 0. The molecular formula is C12H16N2O4. The second-order valence-electron chi connectivity index (χ2n) is 4.03. The molecule has 98 valence electrons. The Hall–Kier alpha value is -2.11. The molecule has 0 aliphatic heterocycles. The fourth-order valence-electron chi connectivity index (χ4n) is 1.42. The van der Waals surface area contributed by atoms with Crippen LogP contribution in [0.1, 0.15) is 24.3 Å². The maximum absolute atomic E-state index is 12.1. The van der Waals surface area contributed by atoms with Crippen LogP contribution in [-0.4, -0.2) is 41.5 Å². The SMILES string of the molecule is COC(=O)CN(C(=O)c1cccc(=O)[nH]1)C(C)C. The molecular weight excluding hydrogens is 236 g/mol. The van der Waals surface area contributed by atoms with E-state index in [1.807, 2.05) is 0 Å². The molecule has 1 heterocycles. The van der Waals surface area contributed by atoms with E-state index in [9.17, 15) is 14.4 Å². The van der Waals surface area contributed by atoms with Gasteiger partial charge in [0.1, 0.15) is 12.2 Å². The average molecular weight is 252 g/mol. The Balaban J connectivity index is 2.96. The number of hydrogen-bond acceptors (Lipinski definition) is 4. The molecule has 0 atom stereocenters. The number of H-pyrrole nitrogens is 1. The summed E-state index contributed by atoms with van der Waals surface area (Å²) in [6, 6.07) is 4.12. The highest BCUT2D eigenvalue weighted by molar-refractivity contribution is 5.94. The molecule has 1 aromatic heterocycles. The van der Waals surface area contributed by atoms with Gasteiger partial charge in [0.2, 0.25) is 5.56 Å². The normalized spacial score (nSPS) is 10.2. The number of aromatic amines is 1. The van der Waals surface area contributed by atoms with Crippen LogP contribution in [0.5, 0.6) is 0 Å². The highest BCUT2D eigenvalue weighted by atomic mass is 16.5. The summed E-state index contributed by atoms with van der Waals surface area (Å²) in [5, 5.41) is 0. The summed E-state index contributed by atoms with van der Waals surface area (Å²) in [5.41, 5.74) is -0.206. The van der Waals surface area contributed by atoms with E-state index in [0.29, 0.717) is 0 Å². The lowest BCUT2D eigenvalue weighted by Crippen LogP contribution is -2.41. The van der Waals surface area contributed by atoms with E-state index in [-0.39, 0.29) is 23.8 Å². The highest BCUT2D eigenvalue weighted by Crippen LogP contribution is 2.05.